The lowest BCUT2D eigenvalue weighted by Gasteiger charge is -2.02. The first-order valence-electron chi connectivity index (χ1n) is 6.53. The van der Waals surface area contributed by atoms with Crippen molar-refractivity contribution in [2.45, 2.75) is 12.8 Å². The van der Waals surface area contributed by atoms with Crippen molar-refractivity contribution in [2.75, 3.05) is 20.3 Å². The number of benzene rings is 1. The number of aryl methyl sites for hydroxylation is 1. The highest BCUT2D eigenvalue weighted by Crippen LogP contribution is 2.19. The molecule has 1 amide bonds. The second kappa shape index (κ2) is 7.90. The molecule has 0 aliphatic heterocycles. The standard InChI is InChI=1S/C14H16BrN3O3/c1-20-9-8-16-12(19)6-7-13-17-14(18-21-13)10-2-4-11(15)5-3-10/h2-5H,6-9H2,1H3,(H,16,19). The Kier molecular flexibility index (Phi) is 5.89. The Hall–Kier alpha value is -1.73. The average molecular weight is 354 g/mol. The van der Waals surface area contributed by atoms with Gasteiger partial charge in [-0.1, -0.05) is 21.1 Å². The molecule has 1 aromatic heterocycles. The van der Waals surface area contributed by atoms with Crippen LogP contribution in [0.4, 0.5) is 0 Å². The number of rotatable bonds is 7. The van der Waals surface area contributed by atoms with E-state index in [1.54, 1.807) is 7.11 Å². The molecular weight excluding hydrogens is 338 g/mol. The van der Waals surface area contributed by atoms with Gasteiger partial charge in [0.25, 0.3) is 0 Å². The predicted octanol–water partition coefficient (Wildman–Crippen LogP) is 2.19. The highest BCUT2D eigenvalue weighted by atomic mass is 79.9. The van der Waals surface area contributed by atoms with Crippen LogP contribution in [0, 0.1) is 0 Å². The molecular formula is C14H16BrN3O3. The maximum atomic E-state index is 11.5. The third-order valence-corrected chi connectivity index (χ3v) is 3.29. The zero-order valence-electron chi connectivity index (χ0n) is 11.6. The van der Waals surface area contributed by atoms with Gasteiger partial charge in [-0.05, 0) is 24.3 Å². The Morgan fingerprint density at radius 1 is 1.38 bits per heavy atom. The molecule has 1 N–H and O–H groups in total. The van der Waals surface area contributed by atoms with Gasteiger partial charge in [0.1, 0.15) is 0 Å². The van der Waals surface area contributed by atoms with Gasteiger partial charge in [-0.15, -0.1) is 0 Å². The molecule has 0 unspecified atom stereocenters. The molecule has 0 atom stereocenters. The lowest BCUT2D eigenvalue weighted by molar-refractivity contribution is -0.121. The van der Waals surface area contributed by atoms with Crippen LogP contribution >= 0.6 is 15.9 Å². The molecule has 0 aliphatic carbocycles. The molecule has 21 heavy (non-hydrogen) atoms. The summed E-state index contributed by atoms with van der Waals surface area (Å²) < 4.78 is 11.0. The van der Waals surface area contributed by atoms with Gasteiger partial charge in [0.2, 0.25) is 17.6 Å². The van der Waals surface area contributed by atoms with Gasteiger partial charge in [0.05, 0.1) is 6.61 Å². The Labute approximate surface area is 131 Å². The second-order valence-electron chi connectivity index (χ2n) is 4.36. The number of nitrogens with one attached hydrogen (secondary N) is 1. The van der Waals surface area contributed by atoms with E-state index in [0.717, 1.165) is 10.0 Å². The first-order chi connectivity index (χ1) is 10.2. The van der Waals surface area contributed by atoms with E-state index < -0.39 is 0 Å². The number of nitrogens with zero attached hydrogens (tertiary/aromatic N) is 2. The second-order valence-corrected chi connectivity index (χ2v) is 5.28. The fraction of sp³-hybridized carbons (Fsp3) is 0.357. The van der Waals surface area contributed by atoms with Crippen LogP contribution in [0.25, 0.3) is 11.4 Å². The quantitative estimate of drug-likeness (QED) is 0.772. The number of hydrogen-bond donors (Lipinski definition) is 1. The first-order valence-corrected chi connectivity index (χ1v) is 7.32. The minimum absolute atomic E-state index is 0.0598. The maximum absolute atomic E-state index is 11.5. The molecule has 7 heteroatoms. The molecule has 0 saturated heterocycles. The van der Waals surface area contributed by atoms with E-state index in [0.29, 0.717) is 37.7 Å². The van der Waals surface area contributed by atoms with Crippen molar-refractivity contribution in [3.8, 4) is 11.4 Å². The van der Waals surface area contributed by atoms with Crippen LogP contribution in [0.3, 0.4) is 0 Å². The molecule has 2 aromatic rings. The number of hydrogen-bond acceptors (Lipinski definition) is 5. The summed E-state index contributed by atoms with van der Waals surface area (Å²) >= 11 is 3.37. The van der Waals surface area contributed by atoms with Crippen LogP contribution in [0.2, 0.25) is 0 Å². The number of amides is 1. The van der Waals surface area contributed by atoms with Crippen LogP contribution in [0.5, 0.6) is 0 Å². The summed E-state index contributed by atoms with van der Waals surface area (Å²) in [4.78, 5) is 15.8. The Morgan fingerprint density at radius 2 is 2.14 bits per heavy atom. The van der Waals surface area contributed by atoms with E-state index >= 15 is 0 Å². The zero-order valence-corrected chi connectivity index (χ0v) is 13.2. The van der Waals surface area contributed by atoms with Gasteiger partial charge >= 0.3 is 0 Å². The van der Waals surface area contributed by atoms with Gasteiger partial charge in [0.15, 0.2) is 0 Å². The van der Waals surface area contributed by atoms with Crippen molar-refractivity contribution in [3.63, 3.8) is 0 Å². The van der Waals surface area contributed by atoms with Crippen LogP contribution < -0.4 is 5.32 Å². The Bertz CT molecular complexity index is 583. The molecule has 112 valence electrons. The summed E-state index contributed by atoms with van der Waals surface area (Å²) in [6.45, 7) is 1.00. The predicted molar refractivity (Wildman–Crippen MR) is 80.6 cm³/mol. The van der Waals surface area contributed by atoms with E-state index in [-0.39, 0.29) is 5.91 Å². The minimum Gasteiger partial charge on any atom is -0.383 e. The van der Waals surface area contributed by atoms with E-state index in [1.165, 1.54) is 0 Å². The van der Waals surface area contributed by atoms with Gasteiger partial charge in [0, 0.05) is 36.5 Å². The SMILES string of the molecule is COCCNC(=O)CCc1nc(-c2ccc(Br)cc2)no1. The van der Waals surface area contributed by atoms with Crippen molar-refractivity contribution >= 4 is 21.8 Å². The lowest BCUT2D eigenvalue weighted by Crippen LogP contribution is -2.27. The minimum atomic E-state index is -0.0598. The molecule has 2 rings (SSSR count). The highest BCUT2D eigenvalue weighted by Gasteiger charge is 2.10. The lowest BCUT2D eigenvalue weighted by atomic mass is 10.2. The molecule has 1 aromatic carbocycles. The van der Waals surface area contributed by atoms with Crippen LogP contribution in [0.15, 0.2) is 33.3 Å². The van der Waals surface area contributed by atoms with Crippen molar-refractivity contribution < 1.29 is 14.1 Å². The molecule has 0 saturated carbocycles. The fourth-order valence-corrected chi connectivity index (χ4v) is 1.94. The topological polar surface area (TPSA) is 77.2 Å². The number of methoxy groups -OCH3 is 1. The summed E-state index contributed by atoms with van der Waals surface area (Å²) in [5.74, 6) is 0.919. The van der Waals surface area contributed by atoms with E-state index in [1.807, 2.05) is 24.3 Å². The summed E-state index contributed by atoms with van der Waals surface area (Å²) in [6, 6.07) is 7.62. The van der Waals surface area contributed by atoms with Crippen molar-refractivity contribution in [3.05, 3.63) is 34.6 Å². The number of aromatic nitrogens is 2. The van der Waals surface area contributed by atoms with Crippen LogP contribution in [0.1, 0.15) is 12.3 Å². The largest absolute Gasteiger partial charge is 0.383 e. The fourth-order valence-electron chi connectivity index (χ4n) is 1.67. The van der Waals surface area contributed by atoms with E-state index in [2.05, 4.69) is 31.4 Å². The molecule has 0 aliphatic rings. The van der Waals surface area contributed by atoms with E-state index in [9.17, 15) is 4.79 Å². The molecule has 1 heterocycles. The van der Waals surface area contributed by atoms with Crippen molar-refractivity contribution in [1.82, 2.24) is 15.5 Å². The number of halogens is 1. The normalized spacial score (nSPS) is 10.6. The Balaban J connectivity index is 1.86. The van der Waals surface area contributed by atoms with Gasteiger partial charge in [-0.3, -0.25) is 4.79 Å². The zero-order chi connectivity index (χ0) is 15.1. The summed E-state index contributed by atoms with van der Waals surface area (Å²) in [7, 11) is 1.59. The Morgan fingerprint density at radius 3 is 2.86 bits per heavy atom. The monoisotopic (exact) mass is 353 g/mol. The smallest absolute Gasteiger partial charge is 0.227 e. The molecule has 0 fully saturated rings. The third kappa shape index (κ3) is 4.95. The third-order valence-electron chi connectivity index (χ3n) is 2.76. The summed E-state index contributed by atoms with van der Waals surface area (Å²) in [6.07, 6.45) is 0.730. The van der Waals surface area contributed by atoms with E-state index in [4.69, 9.17) is 9.26 Å². The first kappa shape index (κ1) is 15.7. The van der Waals surface area contributed by atoms with Crippen molar-refractivity contribution in [1.29, 1.82) is 0 Å². The molecule has 6 nitrogen and oxygen atoms in total. The number of carbonyl (C=O) groups excluding carboxylic acids is 1. The summed E-state index contributed by atoms with van der Waals surface area (Å²) in [5.41, 5.74) is 0.873. The molecule has 0 radical (unpaired) electrons. The number of ether oxygens (including phenoxy) is 1. The molecule has 0 spiro atoms. The summed E-state index contributed by atoms with van der Waals surface area (Å²) in [5, 5.41) is 6.66. The highest BCUT2D eigenvalue weighted by molar-refractivity contribution is 9.10. The molecule has 0 bridgehead atoms. The van der Waals surface area contributed by atoms with Crippen molar-refractivity contribution in [2.24, 2.45) is 0 Å². The van der Waals surface area contributed by atoms with Gasteiger partial charge in [-0.25, -0.2) is 0 Å². The number of carbonyl (C=O) groups is 1. The van der Waals surface area contributed by atoms with Crippen LogP contribution in [-0.4, -0.2) is 36.3 Å². The van der Waals surface area contributed by atoms with Gasteiger partial charge in [-0.2, -0.15) is 4.98 Å². The van der Waals surface area contributed by atoms with Gasteiger partial charge < -0.3 is 14.6 Å². The maximum Gasteiger partial charge on any atom is 0.227 e. The van der Waals surface area contributed by atoms with Crippen LogP contribution in [-0.2, 0) is 16.0 Å². The average Bonchev–Trinajstić information content (AvgIpc) is 2.95.